The molecular weight excluding hydrogens is 250 g/mol. The van der Waals surface area contributed by atoms with E-state index in [9.17, 15) is 9.90 Å². The van der Waals surface area contributed by atoms with Crippen molar-refractivity contribution in [3.8, 4) is 5.75 Å². The van der Waals surface area contributed by atoms with Crippen LogP contribution in [0.3, 0.4) is 0 Å². The fourth-order valence-electron chi connectivity index (χ4n) is 2.54. The normalized spacial score (nSPS) is 15.8. The van der Waals surface area contributed by atoms with Gasteiger partial charge in [-0.05, 0) is 30.9 Å². The fraction of sp³-hybridized carbons (Fsp3) is 0.500. The van der Waals surface area contributed by atoms with E-state index in [-0.39, 0.29) is 17.5 Å². The third-order valence-corrected chi connectivity index (χ3v) is 3.70. The van der Waals surface area contributed by atoms with E-state index in [1.807, 2.05) is 6.07 Å². The number of phenols is 1. The maximum atomic E-state index is 11.9. The number of hydrogen-bond acceptors (Lipinski definition) is 2. The molecule has 1 aliphatic rings. The summed E-state index contributed by atoms with van der Waals surface area (Å²) in [6, 6.07) is 6.79. The Morgan fingerprint density at radius 2 is 2.11 bits per heavy atom. The topological polar surface area (TPSA) is 40.5 Å². The molecule has 4 heteroatoms. The van der Waals surface area contributed by atoms with Crippen LogP contribution in [0.5, 0.6) is 5.75 Å². The average Bonchev–Trinajstić information content (AvgIpc) is 2.88. The van der Waals surface area contributed by atoms with E-state index in [4.69, 9.17) is 11.6 Å². The number of hydrogen-bond donors (Lipinski definition) is 1. The molecule has 98 valence electrons. The number of benzene rings is 1. The van der Waals surface area contributed by atoms with Gasteiger partial charge in [-0.3, -0.25) is 4.79 Å². The number of phenolic OH excluding ortho intramolecular Hbond substituents is 1. The predicted molar refractivity (Wildman–Crippen MR) is 73.1 cm³/mol. The summed E-state index contributed by atoms with van der Waals surface area (Å²) in [6.45, 7) is 0.703. The number of anilines is 1. The number of halogens is 1. The van der Waals surface area contributed by atoms with E-state index < -0.39 is 0 Å². The van der Waals surface area contributed by atoms with Crippen molar-refractivity contribution in [2.45, 2.75) is 25.7 Å². The molecule has 1 aromatic rings. The van der Waals surface area contributed by atoms with Crippen LogP contribution in [-0.2, 0) is 4.79 Å². The zero-order chi connectivity index (χ0) is 13.0. The third-order valence-electron chi connectivity index (χ3n) is 3.47. The van der Waals surface area contributed by atoms with Gasteiger partial charge < -0.3 is 10.0 Å². The first-order valence-corrected chi connectivity index (χ1v) is 6.89. The van der Waals surface area contributed by atoms with Crippen molar-refractivity contribution in [2.75, 3.05) is 17.3 Å². The first-order chi connectivity index (χ1) is 8.70. The molecule has 0 radical (unpaired) electrons. The molecule has 1 aromatic carbocycles. The van der Waals surface area contributed by atoms with E-state index in [0.717, 1.165) is 5.69 Å². The van der Waals surface area contributed by atoms with Gasteiger partial charge in [0.05, 0.1) is 0 Å². The summed E-state index contributed by atoms with van der Waals surface area (Å²) >= 11 is 5.67. The quantitative estimate of drug-likeness (QED) is 0.852. The van der Waals surface area contributed by atoms with Crippen LogP contribution in [0.25, 0.3) is 0 Å². The van der Waals surface area contributed by atoms with Crippen LogP contribution < -0.4 is 4.90 Å². The highest BCUT2D eigenvalue weighted by atomic mass is 35.5. The Balaban J connectivity index is 2.16. The van der Waals surface area contributed by atoms with Crippen LogP contribution in [-0.4, -0.2) is 23.4 Å². The van der Waals surface area contributed by atoms with E-state index in [2.05, 4.69) is 0 Å². The molecule has 1 N–H and O–H groups in total. The Kier molecular flexibility index (Phi) is 4.48. The summed E-state index contributed by atoms with van der Waals surface area (Å²) in [5.74, 6) is 0.600. The molecule has 18 heavy (non-hydrogen) atoms. The summed E-state index contributed by atoms with van der Waals surface area (Å²) in [5, 5.41) is 9.51. The molecule has 0 aliphatic heterocycles. The standard InChI is InChI=1S/C14H18ClNO2/c15-9-14(18)16(10-11-4-1-2-5-11)12-6-3-7-13(17)8-12/h3,6-8,11,17H,1-2,4-5,9-10H2. The molecule has 1 saturated carbocycles. The van der Waals surface area contributed by atoms with Crippen LogP contribution in [0, 0.1) is 5.92 Å². The van der Waals surface area contributed by atoms with Gasteiger partial charge in [0.25, 0.3) is 0 Å². The van der Waals surface area contributed by atoms with Gasteiger partial charge in [-0.15, -0.1) is 11.6 Å². The summed E-state index contributed by atoms with van der Waals surface area (Å²) in [4.78, 5) is 13.6. The summed E-state index contributed by atoms with van der Waals surface area (Å²) in [7, 11) is 0. The van der Waals surface area contributed by atoms with Gasteiger partial charge in [0, 0.05) is 18.3 Å². The number of aromatic hydroxyl groups is 1. The maximum Gasteiger partial charge on any atom is 0.241 e. The number of carbonyl (C=O) groups excluding carboxylic acids is 1. The molecule has 0 heterocycles. The molecular formula is C14H18ClNO2. The smallest absolute Gasteiger partial charge is 0.241 e. The van der Waals surface area contributed by atoms with E-state index in [1.165, 1.54) is 25.7 Å². The molecule has 1 amide bonds. The van der Waals surface area contributed by atoms with Gasteiger partial charge in [-0.2, -0.15) is 0 Å². The first-order valence-electron chi connectivity index (χ1n) is 6.36. The van der Waals surface area contributed by atoms with Crippen molar-refractivity contribution >= 4 is 23.2 Å². The lowest BCUT2D eigenvalue weighted by Gasteiger charge is -2.25. The average molecular weight is 268 g/mol. The van der Waals surface area contributed by atoms with Crippen molar-refractivity contribution in [2.24, 2.45) is 5.92 Å². The Bertz CT molecular complexity index is 416. The second kappa shape index (κ2) is 6.10. The Labute approximate surface area is 112 Å². The third kappa shape index (κ3) is 3.16. The van der Waals surface area contributed by atoms with E-state index in [1.54, 1.807) is 23.1 Å². The van der Waals surface area contributed by atoms with Gasteiger partial charge in [-0.1, -0.05) is 18.9 Å². The monoisotopic (exact) mass is 267 g/mol. The van der Waals surface area contributed by atoms with Crippen molar-refractivity contribution in [3.05, 3.63) is 24.3 Å². The lowest BCUT2D eigenvalue weighted by Crippen LogP contribution is -2.35. The largest absolute Gasteiger partial charge is 0.508 e. The van der Waals surface area contributed by atoms with Gasteiger partial charge in [0.2, 0.25) is 5.91 Å². The molecule has 0 spiro atoms. The molecule has 1 fully saturated rings. The summed E-state index contributed by atoms with van der Waals surface area (Å²) in [5.41, 5.74) is 0.729. The molecule has 0 unspecified atom stereocenters. The lowest BCUT2D eigenvalue weighted by atomic mass is 10.1. The van der Waals surface area contributed by atoms with E-state index >= 15 is 0 Å². The SMILES string of the molecule is O=C(CCl)N(CC1CCCC1)c1cccc(O)c1. The molecule has 0 bridgehead atoms. The van der Waals surface area contributed by atoms with Gasteiger partial charge in [-0.25, -0.2) is 0 Å². The molecule has 2 rings (SSSR count). The highest BCUT2D eigenvalue weighted by Gasteiger charge is 2.22. The summed E-state index contributed by atoms with van der Waals surface area (Å²) < 4.78 is 0. The minimum absolute atomic E-state index is 0.0254. The van der Waals surface area contributed by atoms with Crippen LogP contribution >= 0.6 is 11.6 Å². The van der Waals surface area contributed by atoms with Crippen molar-refractivity contribution in [1.29, 1.82) is 0 Å². The van der Waals surface area contributed by atoms with Crippen LogP contribution in [0.4, 0.5) is 5.69 Å². The van der Waals surface area contributed by atoms with Crippen molar-refractivity contribution < 1.29 is 9.90 Å². The van der Waals surface area contributed by atoms with Gasteiger partial charge >= 0.3 is 0 Å². The minimum atomic E-state index is -0.103. The Hall–Kier alpha value is -1.22. The number of rotatable bonds is 4. The minimum Gasteiger partial charge on any atom is -0.508 e. The molecule has 0 atom stereocenters. The Morgan fingerprint density at radius 1 is 1.39 bits per heavy atom. The van der Waals surface area contributed by atoms with Gasteiger partial charge in [0.1, 0.15) is 11.6 Å². The highest BCUT2D eigenvalue weighted by molar-refractivity contribution is 6.29. The Morgan fingerprint density at radius 3 is 2.72 bits per heavy atom. The van der Waals surface area contributed by atoms with E-state index in [0.29, 0.717) is 12.5 Å². The highest BCUT2D eigenvalue weighted by Crippen LogP contribution is 2.28. The second-order valence-electron chi connectivity index (χ2n) is 4.81. The lowest BCUT2D eigenvalue weighted by molar-refractivity contribution is -0.116. The van der Waals surface area contributed by atoms with Crippen LogP contribution in [0.15, 0.2) is 24.3 Å². The van der Waals surface area contributed by atoms with Crippen molar-refractivity contribution in [3.63, 3.8) is 0 Å². The number of nitrogens with zero attached hydrogens (tertiary/aromatic N) is 1. The number of carbonyl (C=O) groups is 1. The predicted octanol–water partition coefficient (Wildman–Crippen LogP) is 3.15. The zero-order valence-electron chi connectivity index (χ0n) is 10.3. The van der Waals surface area contributed by atoms with Crippen LogP contribution in [0.1, 0.15) is 25.7 Å². The fourth-order valence-corrected chi connectivity index (χ4v) is 2.68. The molecule has 0 aromatic heterocycles. The van der Waals surface area contributed by atoms with Crippen molar-refractivity contribution in [1.82, 2.24) is 0 Å². The first kappa shape index (κ1) is 13.2. The van der Waals surface area contributed by atoms with Crippen LogP contribution in [0.2, 0.25) is 0 Å². The second-order valence-corrected chi connectivity index (χ2v) is 5.08. The number of alkyl halides is 1. The zero-order valence-corrected chi connectivity index (χ0v) is 11.1. The molecule has 3 nitrogen and oxygen atoms in total. The molecule has 0 saturated heterocycles. The van der Waals surface area contributed by atoms with Gasteiger partial charge in [0.15, 0.2) is 0 Å². The maximum absolute atomic E-state index is 11.9. The molecule has 1 aliphatic carbocycles. The number of amides is 1. The summed E-state index contributed by atoms with van der Waals surface area (Å²) in [6.07, 6.45) is 4.83.